The van der Waals surface area contributed by atoms with Gasteiger partial charge in [-0.3, -0.25) is 14.4 Å². The van der Waals surface area contributed by atoms with Crippen molar-refractivity contribution in [1.29, 1.82) is 0 Å². The summed E-state index contributed by atoms with van der Waals surface area (Å²) in [7, 11) is 1.58. The van der Waals surface area contributed by atoms with Gasteiger partial charge in [0.05, 0.1) is 19.8 Å². The lowest BCUT2D eigenvalue weighted by molar-refractivity contribution is -0.126. The molecule has 4 rings (SSSR count). The van der Waals surface area contributed by atoms with Gasteiger partial charge in [-0.1, -0.05) is 39.2 Å². The Morgan fingerprint density at radius 1 is 1.19 bits per heavy atom. The maximum atomic E-state index is 13.3. The molecule has 1 aromatic heterocycles. The van der Waals surface area contributed by atoms with Crippen molar-refractivity contribution in [3.05, 3.63) is 30.0 Å². The van der Waals surface area contributed by atoms with E-state index in [1.807, 2.05) is 32.0 Å². The maximum absolute atomic E-state index is 13.3. The molecule has 1 aliphatic carbocycles. The number of benzene rings is 1. The maximum Gasteiger partial charge on any atom is 0.268 e. The van der Waals surface area contributed by atoms with Gasteiger partial charge in [0.25, 0.3) is 5.91 Å². The lowest BCUT2D eigenvalue weighted by Crippen LogP contribution is -2.51. The monoisotopic (exact) mass is 512 g/mol. The van der Waals surface area contributed by atoms with Crippen LogP contribution in [0.25, 0.3) is 10.9 Å². The molecular formula is C28H40N4O5. The van der Waals surface area contributed by atoms with Crippen LogP contribution in [0.3, 0.4) is 0 Å². The highest BCUT2D eigenvalue weighted by Gasteiger charge is 2.45. The molecule has 5 N–H and O–H groups in total. The Morgan fingerprint density at radius 3 is 2.62 bits per heavy atom. The normalized spacial score (nSPS) is 20.6. The minimum Gasteiger partial charge on any atom is -0.496 e. The molecule has 3 amide bonds. The van der Waals surface area contributed by atoms with E-state index in [9.17, 15) is 19.5 Å². The average molecular weight is 513 g/mol. The predicted molar refractivity (Wildman–Crippen MR) is 141 cm³/mol. The predicted octanol–water partition coefficient (Wildman–Crippen LogP) is 3.03. The summed E-state index contributed by atoms with van der Waals surface area (Å²) in [4.78, 5) is 42.2. The summed E-state index contributed by atoms with van der Waals surface area (Å²) in [6.45, 7) is 3.69. The number of hydrogen-bond acceptors (Lipinski definition) is 5. The van der Waals surface area contributed by atoms with Crippen LogP contribution in [0.1, 0.15) is 75.7 Å². The summed E-state index contributed by atoms with van der Waals surface area (Å²) in [6, 6.07) is 5.88. The Morgan fingerprint density at radius 2 is 1.95 bits per heavy atom. The number of hydrogen-bond donors (Lipinski definition) is 5. The molecule has 0 bridgehead atoms. The van der Waals surface area contributed by atoms with Gasteiger partial charge < -0.3 is 30.8 Å². The van der Waals surface area contributed by atoms with Gasteiger partial charge in [0.15, 0.2) is 0 Å². The Labute approximate surface area is 218 Å². The first kappa shape index (κ1) is 27.0. The van der Waals surface area contributed by atoms with Crippen molar-refractivity contribution in [2.75, 3.05) is 13.7 Å². The van der Waals surface area contributed by atoms with Gasteiger partial charge in [0, 0.05) is 22.4 Å². The van der Waals surface area contributed by atoms with Gasteiger partial charge in [-0.2, -0.15) is 0 Å². The third-order valence-corrected chi connectivity index (χ3v) is 7.76. The zero-order chi connectivity index (χ0) is 26.6. The molecule has 1 aliphatic heterocycles. The Hall–Kier alpha value is -3.07. The van der Waals surface area contributed by atoms with E-state index < -0.39 is 18.0 Å². The first-order chi connectivity index (χ1) is 17.7. The van der Waals surface area contributed by atoms with Gasteiger partial charge in [-0.15, -0.1) is 0 Å². The highest BCUT2D eigenvalue weighted by atomic mass is 16.5. The average Bonchev–Trinajstić information content (AvgIpc) is 3.44. The van der Waals surface area contributed by atoms with Gasteiger partial charge in [0.2, 0.25) is 11.8 Å². The molecule has 9 nitrogen and oxygen atoms in total. The molecule has 9 heteroatoms. The first-order valence-corrected chi connectivity index (χ1v) is 13.4. The zero-order valence-corrected chi connectivity index (χ0v) is 22.1. The van der Waals surface area contributed by atoms with Crippen LogP contribution in [0, 0.1) is 11.8 Å². The second-order valence-corrected chi connectivity index (χ2v) is 11.1. The molecule has 2 fully saturated rings. The molecule has 2 heterocycles. The quantitative estimate of drug-likeness (QED) is 0.334. The van der Waals surface area contributed by atoms with Crippen molar-refractivity contribution in [3.63, 3.8) is 0 Å². The number of ether oxygens (including phenoxy) is 1. The van der Waals surface area contributed by atoms with Crippen LogP contribution in [-0.2, 0) is 9.59 Å². The lowest BCUT2D eigenvalue weighted by Gasteiger charge is -2.33. The fraction of sp³-hybridized carbons (Fsp3) is 0.607. The van der Waals surface area contributed by atoms with E-state index in [1.54, 1.807) is 13.2 Å². The third-order valence-electron chi connectivity index (χ3n) is 7.76. The lowest BCUT2D eigenvalue weighted by atomic mass is 9.78. The standard InChI is InChI=1S/C28H40N4O5/c1-17(2)12-22(31-27(36)23-14-20-21(30-23)8-7-9-24(20)37-3)26(35)29-19(16-33)13-18-15-28(32-25(18)34)10-5-4-6-11-28/h7-9,14,17-19,22,30,33H,4-6,10-13,15-16H2,1-3H3,(H,29,35)(H,31,36)(H,32,34)/t18?,19?,22-/m0/s1. The molecule has 1 saturated carbocycles. The summed E-state index contributed by atoms with van der Waals surface area (Å²) in [5.74, 6) is -0.181. The van der Waals surface area contributed by atoms with Crippen molar-refractivity contribution in [3.8, 4) is 5.75 Å². The third kappa shape index (κ3) is 6.26. The number of aliphatic hydroxyl groups is 1. The van der Waals surface area contributed by atoms with Crippen LogP contribution in [-0.4, -0.2) is 59.2 Å². The largest absolute Gasteiger partial charge is 0.496 e. The highest BCUT2D eigenvalue weighted by molar-refractivity contribution is 6.01. The number of carbonyl (C=O) groups is 3. The highest BCUT2D eigenvalue weighted by Crippen LogP contribution is 2.39. The zero-order valence-electron chi connectivity index (χ0n) is 22.1. The number of amides is 3. The number of rotatable bonds is 10. The van der Waals surface area contributed by atoms with Crippen LogP contribution in [0.4, 0.5) is 0 Å². The number of aromatic nitrogens is 1. The summed E-state index contributed by atoms with van der Waals surface area (Å²) >= 11 is 0. The number of carbonyl (C=O) groups excluding carboxylic acids is 3. The fourth-order valence-corrected chi connectivity index (χ4v) is 5.92. The van der Waals surface area contributed by atoms with Crippen LogP contribution in [0.15, 0.2) is 24.3 Å². The summed E-state index contributed by atoms with van der Waals surface area (Å²) in [5.41, 5.74) is 0.973. The summed E-state index contributed by atoms with van der Waals surface area (Å²) < 4.78 is 5.38. The molecule has 2 aromatic rings. The Balaban J connectivity index is 1.41. The van der Waals surface area contributed by atoms with E-state index in [2.05, 4.69) is 20.9 Å². The van der Waals surface area contributed by atoms with E-state index in [4.69, 9.17) is 4.74 Å². The number of aromatic amines is 1. The number of aliphatic hydroxyl groups excluding tert-OH is 1. The first-order valence-electron chi connectivity index (χ1n) is 13.4. The number of methoxy groups -OCH3 is 1. The molecule has 1 spiro atoms. The van der Waals surface area contributed by atoms with Crippen LogP contribution in [0.5, 0.6) is 5.75 Å². The fourth-order valence-electron chi connectivity index (χ4n) is 5.92. The molecular weight excluding hydrogens is 472 g/mol. The van der Waals surface area contributed by atoms with E-state index >= 15 is 0 Å². The van der Waals surface area contributed by atoms with Crippen LogP contribution < -0.4 is 20.7 Å². The van der Waals surface area contributed by atoms with Crippen molar-refractivity contribution in [2.24, 2.45) is 11.8 Å². The minimum atomic E-state index is -0.781. The smallest absolute Gasteiger partial charge is 0.268 e. The number of nitrogens with one attached hydrogen (secondary N) is 4. The Bertz CT molecular complexity index is 1120. The van der Waals surface area contributed by atoms with Crippen LogP contribution in [0.2, 0.25) is 0 Å². The SMILES string of the molecule is COc1cccc2[nH]c(C(=O)N[C@@H](CC(C)C)C(=O)NC(CO)CC3CC4(CCCCC4)NC3=O)cc12. The molecule has 202 valence electrons. The molecule has 3 atom stereocenters. The van der Waals surface area contributed by atoms with Gasteiger partial charge >= 0.3 is 0 Å². The molecule has 37 heavy (non-hydrogen) atoms. The molecule has 0 radical (unpaired) electrons. The Kier molecular flexibility index (Phi) is 8.42. The van der Waals surface area contributed by atoms with Gasteiger partial charge in [0.1, 0.15) is 17.5 Å². The van der Waals surface area contributed by atoms with Gasteiger partial charge in [-0.05, 0) is 56.2 Å². The topological polar surface area (TPSA) is 133 Å². The second-order valence-electron chi connectivity index (χ2n) is 11.1. The minimum absolute atomic E-state index is 0.0101. The van der Waals surface area contributed by atoms with E-state index in [1.165, 1.54) is 6.42 Å². The molecule has 2 aliphatic rings. The van der Waals surface area contributed by atoms with Crippen molar-refractivity contribution < 1.29 is 24.2 Å². The summed E-state index contributed by atoms with van der Waals surface area (Å²) in [6.07, 6.45) is 6.98. The summed E-state index contributed by atoms with van der Waals surface area (Å²) in [5, 5.41) is 19.8. The van der Waals surface area contributed by atoms with Crippen LogP contribution >= 0.6 is 0 Å². The number of H-pyrrole nitrogens is 1. The van der Waals surface area contributed by atoms with Crippen molar-refractivity contribution >= 4 is 28.6 Å². The van der Waals surface area contributed by atoms with Crippen molar-refractivity contribution in [1.82, 2.24) is 20.9 Å². The molecule has 1 saturated heterocycles. The van der Waals surface area contributed by atoms with Gasteiger partial charge in [-0.25, -0.2) is 0 Å². The second kappa shape index (κ2) is 11.5. The number of fused-ring (bicyclic) bond motifs is 1. The van der Waals surface area contributed by atoms with E-state index in [-0.39, 0.29) is 35.8 Å². The molecule has 2 unspecified atom stereocenters. The van der Waals surface area contributed by atoms with E-state index in [0.29, 0.717) is 24.3 Å². The van der Waals surface area contributed by atoms with Crippen molar-refractivity contribution in [2.45, 2.75) is 82.8 Å². The van der Waals surface area contributed by atoms with E-state index in [0.717, 1.165) is 43.0 Å². The molecule has 1 aromatic carbocycles.